The molecule has 0 spiro atoms. The summed E-state index contributed by atoms with van der Waals surface area (Å²) in [6, 6.07) is 5.90. The molecular formula is C15H22O. The van der Waals surface area contributed by atoms with Crippen molar-refractivity contribution in [3.05, 3.63) is 41.5 Å². The molecule has 16 heavy (non-hydrogen) atoms. The van der Waals surface area contributed by atoms with Crippen molar-refractivity contribution in [3.8, 4) is 5.75 Å². The number of phenols is 1. The highest BCUT2D eigenvalue weighted by Crippen LogP contribution is 2.32. The van der Waals surface area contributed by atoms with Crippen LogP contribution in [0.5, 0.6) is 5.75 Å². The molecule has 88 valence electrons. The number of hydrogen-bond acceptors (Lipinski definition) is 1. The monoisotopic (exact) mass is 218 g/mol. The second-order valence-corrected chi connectivity index (χ2v) is 5.06. The normalized spacial score (nSPS) is 12.8. The summed E-state index contributed by atoms with van der Waals surface area (Å²) in [6.45, 7) is 12.5. The van der Waals surface area contributed by atoms with Crippen molar-refractivity contribution in [2.75, 3.05) is 0 Å². The first-order chi connectivity index (χ1) is 7.41. The van der Waals surface area contributed by atoms with E-state index in [1.807, 2.05) is 13.0 Å². The highest BCUT2D eigenvalue weighted by Gasteiger charge is 2.16. The van der Waals surface area contributed by atoms with Gasteiger partial charge in [-0.15, -0.1) is 6.58 Å². The highest BCUT2D eigenvalue weighted by molar-refractivity contribution is 5.37. The molecule has 0 saturated carbocycles. The lowest BCUT2D eigenvalue weighted by atomic mass is 9.83. The Morgan fingerprint density at radius 2 is 2.00 bits per heavy atom. The minimum absolute atomic E-state index is 0.376. The van der Waals surface area contributed by atoms with Gasteiger partial charge in [-0.3, -0.25) is 0 Å². The number of allylic oxidation sites excluding steroid dienone is 1. The van der Waals surface area contributed by atoms with E-state index in [0.29, 0.717) is 17.6 Å². The fraction of sp³-hybridized carbons (Fsp3) is 0.467. The van der Waals surface area contributed by atoms with Crippen LogP contribution >= 0.6 is 0 Å². The van der Waals surface area contributed by atoms with Gasteiger partial charge in [0.2, 0.25) is 0 Å². The van der Waals surface area contributed by atoms with Gasteiger partial charge in [-0.1, -0.05) is 31.6 Å². The predicted octanol–water partition coefficient (Wildman–Crippen LogP) is 4.41. The fourth-order valence-corrected chi connectivity index (χ4v) is 2.02. The van der Waals surface area contributed by atoms with Gasteiger partial charge in [0.25, 0.3) is 0 Å². The van der Waals surface area contributed by atoms with E-state index in [2.05, 4.69) is 33.4 Å². The molecule has 0 bridgehead atoms. The van der Waals surface area contributed by atoms with Crippen LogP contribution in [0.25, 0.3) is 0 Å². The summed E-state index contributed by atoms with van der Waals surface area (Å²) in [5.74, 6) is 1.46. The molecule has 0 heterocycles. The molecule has 1 heteroatoms. The second-order valence-electron chi connectivity index (χ2n) is 5.06. The maximum absolute atomic E-state index is 9.53. The lowest BCUT2D eigenvalue weighted by molar-refractivity contribution is 0.467. The average molecular weight is 218 g/mol. The number of aromatic hydroxyl groups is 1. The molecule has 0 radical (unpaired) electrons. The van der Waals surface area contributed by atoms with Crippen molar-refractivity contribution in [2.24, 2.45) is 5.92 Å². The molecular weight excluding hydrogens is 196 g/mol. The molecule has 0 aliphatic carbocycles. The van der Waals surface area contributed by atoms with Crippen molar-refractivity contribution >= 4 is 0 Å². The molecule has 0 fully saturated rings. The zero-order valence-electron chi connectivity index (χ0n) is 10.7. The third-order valence-corrected chi connectivity index (χ3v) is 3.02. The van der Waals surface area contributed by atoms with Gasteiger partial charge in [-0.05, 0) is 49.3 Å². The van der Waals surface area contributed by atoms with Gasteiger partial charge in [0, 0.05) is 0 Å². The largest absolute Gasteiger partial charge is 0.508 e. The van der Waals surface area contributed by atoms with Crippen molar-refractivity contribution in [1.82, 2.24) is 0 Å². The number of benzene rings is 1. The Labute approximate surface area is 98.8 Å². The van der Waals surface area contributed by atoms with Gasteiger partial charge in [0.1, 0.15) is 5.75 Å². The predicted molar refractivity (Wildman–Crippen MR) is 69.9 cm³/mol. The van der Waals surface area contributed by atoms with E-state index >= 15 is 0 Å². The van der Waals surface area contributed by atoms with Crippen LogP contribution in [0.15, 0.2) is 30.4 Å². The first-order valence-corrected chi connectivity index (χ1v) is 5.85. The minimum Gasteiger partial charge on any atom is -0.508 e. The van der Waals surface area contributed by atoms with Crippen LogP contribution in [0.2, 0.25) is 0 Å². The quantitative estimate of drug-likeness (QED) is 0.742. The summed E-state index contributed by atoms with van der Waals surface area (Å²) in [6.07, 6.45) is 1.02. The fourth-order valence-electron chi connectivity index (χ4n) is 2.02. The van der Waals surface area contributed by atoms with Gasteiger partial charge in [0.15, 0.2) is 0 Å². The Bertz CT molecular complexity index is 377. The second kappa shape index (κ2) is 5.20. The maximum atomic E-state index is 9.53. The summed E-state index contributed by atoms with van der Waals surface area (Å²) in [4.78, 5) is 0. The summed E-state index contributed by atoms with van der Waals surface area (Å²) in [7, 11) is 0. The Kier molecular flexibility index (Phi) is 4.17. The Morgan fingerprint density at radius 3 is 2.44 bits per heavy atom. The molecule has 1 unspecified atom stereocenters. The van der Waals surface area contributed by atoms with Crippen molar-refractivity contribution < 1.29 is 5.11 Å². The van der Waals surface area contributed by atoms with E-state index in [1.54, 1.807) is 6.07 Å². The third-order valence-electron chi connectivity index (χ3n) is 3.02. The third kappa shape index (κ3) is 3.13. The molecule has 1 aromatic carbocycles. The van der Waals surface area contributed by atoms with E-state index in [4.69, 9.17) is 0 Å². The number of rotatable bonds is 4. The molecule has 1 atom stereocenters. The zero-order valence-corrected chi connectivity index (χ0v) is 10.7. The van der Waals surface area contributed by atoms with Crippen molar-refractivity contribution in [3.63, 3.8) is 0 Å². The van der Waals surface area contributed by atoms with Crippen LogP contribution < -0.4 is 0 Å². The van der Waals surface area contributed by atoms with E-state index < -0.39 is 0 Å². The molecule has 0 aliphatic heterocycles. The molecule has 0 aliphatic rings. The summed E-state index contributed by atoms with van der Waals surface area (Å²) >= 11 is 0. The van der Waals surface area contributed by atoms with Crippen LogP contribution in [-0.2, 0) is 0 Å². The van der Waals surface area contributed by atoms with E-state index in [9.17, 15) is 5.11 Å². The maximum Gasteiger partial charge on any atom is 0.118 e. The lowest BCUT2D eigenvalue weighted by Gasteiger charge is -2.22. The van der Waals surface area contributed by atoms with Crippen LogP contribution in [0.1, 0.15) is 44.2 Å². The highest BCUT2D eigenvalue weighted by atomic mass is 16.3. The average Bonchev–Trinajstić information content (AvgIpc) is 2.18. The number of hydrogen-bond donors (Lipinski definition) is 1. The molecule has 1 rings (SSSR count). The van der Waals surface area contributed by atoms with Gasteiger partial charge in [-0.2, -0.15) is 0 Å². The zero-order chi connectivity index (χ0) is 12.3. The van der Waals surface area contributed by atoms with E-state index in [-0.39, 0.29) is 0 Å². The Hall–Kier alpha value is -1.24. The van der Waals surface area contributed by atoms with Crippen LogP contribution in [0.3, 0.4) is 0 Å². The summed E-state index contributed by atoms with van der Waals surface area (Å²) in [5, 5.41) is 9.53. The first kappa shape index (κ1) is 12.8. The first-order valence-electron chi connectivity index (χ1n) is 5.85. The standard InChI is InChI=1S/C15H22O/c1-10(2)8-14(11(3)4)13-6-7-15(16)12(5)9-13/h6-7,9,11,14,16H,1,8H2,2-5H3. The Balaban J connectivity index is 3.01. The van der Waals surface area contributed by atoms with Crippen LogP contribution in [0.4, 0.5) is 0 Å². The summed E-state index contributed by atoms with van der Waals surface area (Å²) < 4.78 is 0. The van der Waals surface area contributed by atoms with Crippen molar-refractivity contribution in [2.45, 2.75) is 40.0 Å². The van der Waals surface area contributed by atoms with Gasteiger partial charge in [0.05, 0.1) is 0 Å². The number of phenolic OH excluding ortho intramolecular Hbond substituents is 1. The van der Waals surface area contributed by atoms with Gasteiger partial charge in [-0.25, -0.2) is 0 Å². The van der Waals surface area contributed by atoms with Gasteiger partial charge < -0.3 is 5.11 Å². The Morgan fingerprint density at radius 1 is 1.38 bits per heavy atom. The van der Waals surface area contributed by atoms with Crippen molar-refractivity contribution in [1.29, 1.82) is 0 Å². The smallest absolute Gasteiger partial charge is 0.118 e. The minimum atomic E-state index is 0.376. The van der Waals surface area contributed by atoms with E-state index in [0.717, 1.165) is 12.0 Å². The van der Waals surface area contributed by atoms with Crippen LogP contribution in [0, 0.1) is 12.8 Å². The molecule has 0 amide bonds. The van der Waals surface area contributed by atoms with Gasteiger partial charge >= 0.3 is 0 Å². The lowest BCUT2D eigenvalue weighted by Crippen LogP contribution is -2.07. The molecule has 1 aromatic rings. The SMILES string of the molecule is C=C(C)CC(c1ccc(O)c(C)c1)C(C)C. The number of aryl methyl sites for hydroxylation is 1. The molecule has 1 N–H and O–H groups in total. The molecule has 0 saturated heterocycles. The van der Waals surface area contributed by atoms with E-state index in [1.165, 1.54) is 11.1 Å². The van der Waals surface area contributed by atoms with Crippen LogP contribution in [-0.4, -0.2) is 5.11 Å². The molecule has 1 nitrogen and oxygen atoms in total. The molecule has 0 aromatic heterocycles. The summed E-state index contributed by atoms with van der Waals surface area (Å²) in [5.41, 5.74) is 3.46. The topological polar surface area (TPSA) is 20.2 Å².